The van der Waals surface area contributed by atoms with Crippen molar-refractivity contribution in [2.24, 2.45) is 0 Å². The van der Waals surface area contributed by atoms with E-state index in [-0.39, 0.29) is 36.5 Å². The minimum absolute atomic E-state index is 0.000726. The van der Waals surface area contributed by atoms with E-state index < -0.39 is 24.5 Å². The quantitative estimate of drug-likeness (QED) is 0.432. The van der Waals surface area contributed by atoms with E-state index in [0.717, 1.165) is 18.4 Å². The minimum Gasteiger partial charge on any atom is -0.462 e. The van der Waals surface area contributed by atoms with E-state index in [1.807, 2.05) is 12.1 Å². The van der Waals surface area contributed by atoms with E-state index in [9.17, 15) is 19.2 Å². The number of rotatable bonds is 11. The van der Waals surface area contributed by atoms with Gasteiger partial charge in [-0.15, -0.1) is 0 Å². The standard InChI is InChI=1S/C24H27NO6/c1-3-7-17-10-12-18(13-11-17)21(26)14-15-23(28)31-16-22(27)25-20-9-6-5-8-19(20)24(29)30-4-2/h5-6,8-13H,3-4,7,14-16H2,1-2H3,(H,25,27). The Morgan fingerprint density at radius 2 is 1.58 bits per heavy atom. The van der Waals surface area contributed by atoms with E-state index >= 15 is 0 Å². The fourth-order valence-corrected chi connectivity index (χ4v) is 2.89. The first-order valence-electron chi connectivity index (χ1n) is 10.3. The number of hydrogen-bond donors (Lipinski definition) is 1. The van der Waals surface area contributed by atoms with Crippen LogP contribution in [0.4, 0.5) is 5.69 Å². The van der Waals surface area contributed by atoms with Gasteiger partial charge in [-0.1, -0.05) is 49.7 Å². The summed E-state index contributed by atoms with van der Waals surface area (Å²) in [7, 11) is 0. The molecule has 1 amide bonds. The van der Waals surface area contributed by atoms with E-state index in [1.54, 1.807) is 37.3 Å². The maximum atomic E-state index is 12.2. The van der Waals surface area contributed by atoms with Crippen LogP contribution in [0, 0.1) is 0 Å². The lowest BCUT2D eigenvalue weighted by Gasteiger charge is -2.10. The molecule has 164 valence electrons. The number of benzene rings is 2. The number of hydrogen-bond acceptors (Lipinski definition) is 6. The number of para-hydroxylation sites is 1. The van der Waals surface area contributed by atoms with E-state index in [4.69, 9.17) is 9.47 Å². The average Bonchev–Trinajstić information content (AvgIpc) is 2.77. The monoisotopic (exact) mass is 425 g/mol. The maximum absolute atomic E-state index is 12.2. The van der Waals surface area contributed by atoms with Crippen molar-refractivity contribution < 1.29 is 28.7 Å². The van der Waals surface area contributed by atoms with Gasteiger partial charge in [-0.25, -0.2) is 4.79 Å². The smallest absolute Gasteiger partial charge is 0.340 e. The van der Waals surface area contributed by atoms with Crippen LogP contribution in [0.25, 0.3) is 0 Å². The zero-order valence-electron chi connectivity index (χ0n) is 17.8. The lowest BCUT2D eigenvalue weighted by atomic mass is 10.0. The maximum Gasteiger partial charge on any atom is 0.340 e. The summed E-state index contributed by atoms with van der Waals surface area (Å²) < 4.78 is 9.89. The first-order chi connectivity index (χ1) is 14.9. The van der Waals surface area contributed by atoms with Gasteiger partial charge in [0.1, 0.15) is 0 Å². The highest BCUT2D eigenvalue weighted by atomic mass is 16.5. The molecule has 0 spiro atoms. The van der Waals surface area contributed by atoms with Crippen LogP contribution in [-0.4, -0.2) is 36.8 Å². The summed E-state index contributed by atoms with van der Waals surface area (Å²) in [6, 6.07) is 13.7. The molecule has 0 bridgehead atoms. The van der Waals surface area contributed by atoms with Gasteiger partial charge in [-0.2, -0.15) is 0 Å². The second kappa shape index (κ2) is 12.3. The fourth-order valence-electron chi connectivity index (χ4n) is 2.89. The van der Waals surface area contributed by atoms with Crippen LogP contribution in [0.5, 0.6) is 0 Å². The molecule has 0 radical (unpaired) electrons. The van der Waals surface area contributed by atoms with E-state index in [2.05, 4.69) is 12.2 Å². The van der Waals surface area contributed by atoms with E-state index in [1.165, 1.54) is 6.07 Å². The molecule has 0 saturated heterocycles. The molecule has 0 aromatic heterocycles. The molecule has 0 saturated carbocycles. The Labute approximate surface area is 181 Å². The van der Waals surface area contributed by atoms with Crippen molar-refractivity contribution in [2.75, 3.05) is 18.5 Å². The second-order valence-electron chi connectivity index (χ2n) is 6.85. The number of Topliss-reactive ketones (excluding diaryl/α,β-unsaturated/α-hetero) is 1. The summed E-state index contributed by atoms with van der Waals surface area (Å²) in [5.74, 6) is -1.96. The van der Waals surface area contributed by atoms with Gasteiger partial charge in [-0.05, 0) is 31.0 Å². The number of anilines is 1. The van der Waals surface area contributed by atoms with Crippen molar-refractivity contribution in [3.05, 3.63) is 65.2 Å². The molecule has 0 aliphatic rings. The van der Waals surface area contributed by atoms with Crippen molar-refractivity contribution >= 4 is 29.3 Å². The average molecular weight is 425 g/mol. The Balaban J connectivity index is 1.79. The van der Waals surface area contributed by atoms with Crippen molar-refractivity contribution in [3.8, 4) is 0 Å². The zero-order valence-corrected chi connectivity index (χ0v) is 17.8. The highest BCUT2D eigenvalue weighted by Gasteiger charge is 2.16. The topological polar surface area (TPSA) is 98.8 Å². The summed E-state index contributed by atoms with van der Waals surface area (Å²) in [5, 5.41) is 2.53. The molecule has 0 fully saturated rings. The summed E-state index contributed by atoms with van der Waals surface area (Å²) in [4.78, 5) is 48.2. The Morgan fingerprint density at radius 1 is 0.871 bits per heavy atom. The predicted molar refractivity (Wildman–Crippen MR) is 116 cm³/mol. The van der Waals surface area contributed by atoms with Crippen molar-refractivity contribution in [3.63, 3.8) is 0 Å². The molecule has 7 nitrogen and oxygen atoms in total. The highest BCUT2D eigenvalue weighted by Crippen LogP contribution is 2.16. The van der Waals surface area contributed by atoms with Crippen LogP contribution in [0.2, 0.25) is 0 Å². The largest absolute Gasteiger partial charge is 0.462 e. The molecule has 0 unspecified atom stereocenters. The number of aryl methyl sites for hydroxylation is 1. The molecular weight excluding hydrogens is 398 g/mol. The van der Waals surface area contributed by atoms with Gasteiger partial charge in [0.15, 0.2) is 12.4 Å². The number of nitrogens with one attached hydrogen (secondary N) is 1. The van der Waals surface area contributed by atoms with Crippen LogP contribution >= 0.6 is 0 Å². The SMILES string of the molecule is CCCc1ccc(C(=O)CCC(=O)OCC(=O)Nc2ccccc2C(=O)OCC)cc1. The van der Waals surface area contributed by atoms with Gasteiger partial charge in [0, 0.05) is 12.0 Å². The second-order valence-corrected chi connectivity index (χ2v) is 6.85. The number of amides is 1. The normalized spacial score (nSPS) is 10.3. The lowest BCUT2D eigenvalue weighted by molar-refractivity contribution is -0.147. The molecule has 0 aliphatic heterocycles. The summed E-state index contributed by atoms with van der Waals surface area (Å²) in [5.41, 5.74) is 2.18. The van der Waals surface area contributed by atoms with Crippen LogP contribution < -0.4 is 5.32 Å². The van der Waals surface area contributed by atoms with Gasteiger partial charge in [0.05, 0.1) is 24.3 Å². The summed E-state index contributed by atoms with van der Waals surface area (Å²) >= 11 is 0. The number of carbonyl (C=O) groups is 4. The van der Waals surface area contributed by atoms with E-state index in [0.29, 0.717) is 5.56 Å². The molecule has 1 N–H and O–H groups in total. The molecule has 31 heavy (non-hydrogen) atoms. The molecule has 0 aliphatic carbocycles. The van der Waals surface area contributed by atoms with Crippen LogP contribution in [0.3, 0.4) is 0 Å². The third-order valence-corrected chi connectivity index (χ3v) is 4.43. The van der Waals surface area contributed by atoms with Crippen LogP contribution in [0.1, 0.15) is 59.4 Å². The number of ketones is 1. The number of carbonyl (C=O) groups excluding carboxylic acids is 4. The lowest BCUT2D eigenvalue weighted by Crippen LogP contribution is -2.22. The minimum atomic E-state index is -0.648. The Hall–Kier alpha value is -3.48. The van der Waals surface area contributed by atoms with Gasteiger partial charge in [0.25, 0.3) is 5.91 Å². The van der Waals surface area contributed by atoms with Crippen molar-refractivity contribution in [1.82, 2.24) is 0 Å². The molecule has 2 aromatic carbocycles. The number of esters is 2. The highest BCUT2D eigenvalue weighted by molar-refractivity contribution is 6.02. The zero-order chi connectivity index (χ0) is 22.6. The summed E-state index contributed by atoms with van der Waals surface area (Å²) in [6.45, 7) is 3.46. The Morgan fingerprint density at radius 3 is 2.26 bits per heavy atom. The number of ether oxygens (including phenoxy) is 2. The first-order valence-corrected chi connectivity index (χ1v) is 10.3. The molecular formula is C24H27NO6. The first kappa shape index (κ1) is 23.8. The Bertz CT molecular complexity index is 920. The fraction of sp³-hybridized carbons (Fsp3) is 0.333. The van der Waals surface area contributed by atoms with Gasteiger partial charge >= 0.3 is 11.9 Å². The molecule has 0 atom stereocenters. The van der Waals surface area contributed by atoms with Crippen molar-refractivity contribution in [1.29, 1.82) is 0 Å². The Kier molecular flexibility index (Phi) is 9.42. The summed E-state index contributed by atoms with van der Waals surface area (Å²) in [6.07, 6.45) is 1.86. The third-order valence-electron chi connectivity index (χ3n) is 4.43. The predicted octanol–water partition coefficient (Wildman–Crippen LogP) is 3.96. The van der Waals surface area contributed by atoms with Gasteiger partial charge in [0.2, 0.25) is 0 Å². The van der Waals surface area contributed by atoms with Crippen LogP contribution in [-0.2, 0) is 25.5 Å². The van der Waals surface area contributed by atoms with Crippen molar-refractivity contribution in [2.45, 2.75) is 39.5 Å². The van der Waals surface area contributed by atoms with Crippen LogP contribution in [0.15, 0.2) is 48.5 Å². The van der Waals surface area contributed by atoms with Gasteiger partial charge < -0.3 is 14.8 Å². The molecule has 2 aromatic rings. The molecule has 7 heteroatoms. The third kappa shape index (κ3) is 7.70. The molecule has 0 heterocycles. The van der Waals surface area contributed by atoms with Gasteiger partial charge in [-0.3, -0.25) is 14.4 Å². The molecule has 2 rings (SSSR count).